The van der Waals surface area contributed by atoms with Crippen LogP contribution in [-0.4, -0.2) is 29.4 Å². The minimum absolute atomic E-state index is 0.00409. The fourth-order valence-corrected chi connectivity index (χ4v) is 1.92. The Labute approximate surface area is 146 Å². The third kappa shape index (κ3) is 5.89. The van der Waals surface area contributed by atoms with Crippen molar-refractivity contribution in [3.8, 4) is 11.6 Å². The van der Waals surface area contributed by atoms with Crippen molar-refractivity contribution in [3.63, 3.8) is 0 Å². The van der Waals surface area contributed by atoms with Crippen LogP contribution in [0.5, 0.6) is 11.6 Å². The number of anilines is 1. The van der Waals surface area contributed by atoms with Gasteiger partial charge in [-0.05, 0) is 24.1 Å². The van der Waals surface area contributed by atoms with Crippen molar-refractivity contribution in [1.29, 1.82) is 0 Å². The third-order valence-corrected chi connectivity index (χ3v) is 3.43. The highest BCUT2D eigenvalue weighted by Crippen LogP contribution is 2.19. The standard InChI is InChI=1S/C18H22N4O3/c1-12(2)17(19)18(24)21-11-15(23)22-13-8-9-16(20-10-13)25-14-6-4-3-5-7-14/h3-10,12,17H,11,19H2,1-2H3,(H,21,24)(H,22,23)/t17-/m0/s1. The van der Waals surface area contributed by atoms with Crippen molar-refractivity contribution in [2.45, 2.75) is 19.9 Å². The summed E-state index contributed by atoms with van der Waals surface area (Å²) in [7, 11) is 0. The fraction of sp³-hybridized carbons (Fsp3) is 0.278. The van der Waals surface area contributed by atoms with Gasteiger partial charge in [-0.2, -0.15) is 0 Å². The zero-order chi connectivity index (χ0) is 18.2. The second kappa shape index (κ2) is 8.79. The van der Waals surface area contributed by atoms with E-state index in [0.717, 1.165) is 0 Å². The molecule has 0 bridgehead atoms. The first kappa shape index (κ1) is 18.4. The average molecular weight is 342 g/mol. The van der Waals surface area contributed by atoms with Crippen molar-refractivity contribution in [1.82, 2.24) is 10.3 Å². The molecule has 2 aromatic rings. The van der Waals surface area contributed by atoms with E-state index in [1.807, 2.05) is 44.2 Å². The number of carbonyl (C=O) groups excluding carboxylic acids is 2. The monoisotopic (exact) mass is 342 g/mol. The van der Waals surface area contributed by atoms with Gasteiger partial charge in [0.2, 0.25) is 17.7 Å². The lowest BCUT2D eigenvalue weighted by Gasteiger charge is -2.15. The highest BCUT2D eigenvalue weighted by molar-refractivity contribution is 5.95. The van der Waals surface area contributed by atoms with E-state index in [4.69, 9.17) is 10.5 Å². The Hall–Kier alpha value is -2.93. The number of hydrogen-bond donors (Lipinski definition) is 3. The minimum Gasteiger partial charge on any atom is -0.439 e. The maximum atomic E-state index is 11.9. The Balaban J connectivity index is 1.82. The van der Waals surface area contributed by atoms with Crippen LogP contribution in [0.1, 0.15) is 13.8 Å². The van der Waals surface area contributed by atoms with E-state index in [-0.39, 0.29) is 24.3 Å². The first-order valence-corrected chi connectivity index (χ1v) is 7.98. The smallest absolute Gasteiger partial charge is 0.243 e. The molecule has 1 heterocycles. The average Bonchev–Trinajstić information content (AvgIpc) is 2.61. The molecule has 0 saturated heterocycles. The number of para-hydroxylation sites is 1. The van der Waals surface area contributed by atoms with Gasteiger partial charge in [-0.15, -0.1) is 0 Å². The van der Waals surface area contributed by atoms with Gasteiger partial charge in [-0.25, -0.2) is 4.98 Å². The van der Waals surface area contributed by atoms with Crippen LogP contribution in [0.4, 0.5) is 5.69 Å². The molecule has 0 aliphatic rings. The fourth-order valence-electron chi connectivity index (χ4n) is 1.92. The highest BCUT2D eigenvalue weighted by Gasteiger charge is 2.17. The molecule has 0 radical (unpaired) electrons. The summed E-state index contributed by atoms with van der Waals surface area (Å²) in [5.74, 6) is 0.388. The number of rotatable bonds is 7. The summed E-state index contributed by atoms with van der Waals surface area (Å²) in [6.45, 7) is 3.53. The lowest BCUT2D eigenvalue weighted by Crippen LogP contribution is -2.46. The van der Waals surface area contributed by atoms with Crippen LogP contribution >= 0.6 is 0 Å². The van der Waals surface area contributed by atoms with Crippen LogP contribution < -0.4 is 21.1 Å². The number of ether oxygens (including phenoxy) is 1. The lowest BCUT2D eigenvalue weighted by atomic mass is 10.1. The minimum atomic E-state index is -0.635. The van der Waals surface area contributed by atoms with Crippen LogP contribution in [0.15, 0.2) is 48.7 Å². The van der Waals surface area contributed by atoms with Crippen LogP contribution in [0.2, 0.25) is 0 Å². The number of nitrogens with one attached hydrogen (secondary N) is 2. The van der Waals surface area contributed by atoms with Crippen molar-refractivity contribution in [2.24, 2.45) is 11.7 Å². The first-order valence-electron chi connectivity index (χ1n) is 7.98. The molecule has 7 nitrogen and oxygen atoms in total. The number of carbonyl (C=O) groups is 2. The molecule has 1 aromatic carbocycles. The van der Waals surface area contributed by atoms with Crippen molar-refractivity contribution < 1.29 is 14.3 Å². The second-order valence-corrected chi connectivity index (χ2v) is 5.84. The zero-order valence-corrected chi connectivity index (χ0v) is 14.2. The van der Waals surface area contributed by atoms with E-state index in [2.05, 4.69) is 15.6 Å². The molecule has 0 aliphatic carbocycles. The Morgan fingerprint density at radius 3 is 2.48 bits per heavy atom. The van der Waals surface area contributed by atoms with Gasteiger partial charge in [-0.1, -0.05) is 32.0 Å². The van der Waals surface area contributed by atoms with Crippen LogP contribution in [-0.2, 0) is 9.59 Å². The van der Waals surface area contributed by atoms with Crippen molar-refractivity contribution >= 4 is 17.5 Å². The van der Waals surface area contributed by atoms with Crippen molar-refractivity contribution in [3.05, 3.63) is 48.7 Å². The predicted octanol–water partition coefficient (Wildman–Crippen LogP) is 1.91. The molecular weight excluding hydrogens is 320 g/mol. The molecule has 0 unspecified atom stereocenters. The molecular formula is C18H22N4O3. The number of aromatic nitrogens is 1. The van der Waals surface area contributed by atoms with Crippen LogP contribution in [0, 0.1) is 5.92 Å². The number of hydrogen-bond acceptors (Lipinski definition) is 5. The maximum absolute atomic E-state index is 11.9. The molecule has 2 rings (SSSR count). The van der Waals surface area contributed by atoms with Gasteiger partial charge in [0.25, 0.3) is 0 Å². The van der Waals surface area contributed by atoms with E-state index in [1.54, 1.807) is 12.1 Å². The SMILES string of the molecule is CC(C)[C@H](N)C(=O)NCC(=O)Nc1ccc(Oc2ccccc2)nc1. The molecule has 1 aromatic heterocycles. The summed E-state index contributed by atoms with van der Waals surface area (Å²) in [6.07, 6.45) is 1.48. The molecule has 0 aliphatic heterocycles. The summed E-state index contributed by atoms with van der Waals surface area (Å²) >= 11 is 0. The summed E-state index contributed by atoms with van der Waals surface area (Å²) in [6, 6.07) is 12.0. The van der Waals surface area contributed by atoms with E-state index in [1.165, 1.54) is 6.20 Å². The second-order valence-electron chi connectivity index (χ2n) is 5.84. The summed E-state index contributed by atoms with van der Waals surface area (Å²) in [4.78, 5) is 27.7. The van der Waals surface area contributed by atoms with Gasteiger partial charge >= 0.3 is 0 Å². The molecule has 7 heteroatoms. The maximum Gasteiger partial charge on any atom is 0.243 e. The Morgan fingerprint density at radius 1 is 1.16 bits per heavy atom. The van der Waals surface area contributed by atoms with Crippen LogP contribution in [0.25, 0.3) is 0 Å². The molecule has 4 N–H and O–H groups in total. The number of pyridine rings is 1. The van der Waals surface area contributed by atoms with Gasteiger partial charge in [0.05, 0.1) is 24.5 Å². The van der Waals surface area contributed by atoms with Gasteiger partial charge in [0.1, 0.15) is 5.75 Å². The molecule has 2 amide bonds. The normalized spacial score (nSPS) is 11.7. The quantitative estimate of drug-likeness (QED) is 0.713. The van der Waals surface area contributed by atoms with Gasteiger partial charge < -0.3 is 21.1 Å². The largest absolute Gasteiger partial charge is 0.439 e. The molecule has 132 valence electrons. The van der Waals surface area contributed by atoms with E-state index in [0.29, 0.717) is 17.3 Å². The Bertz CT molecular complexity index is 702. The van der Waals surface area contributed by atoms with Gasteiger partial charge in [0, 0.05) is 6.07 Å². The summed E-state index contributed by atoms with van der Waals surface area (Å²) in [5, 5.41) is 5.15. The highest BCUT2D eigenvalue weighted by atomic mass is 16.5. The van der Waals surface area contributed by atoms with Gasteiger partial charge in [-0.3, -0.25) is 9.59 Å². The number of nitrogens with zero attached hydrogens (tertiary/aromatic N) is 1. The number of benzene rings is 1. The van der Waals surface area contributed by atoms with E-state index < -0.39 is 6.04 Å². The Kier molecular flexibility index (Phi) is 6.47. The third-order valence-electron chi connectivity index (χ3n) is 3.43. The van der Waals surface area contributed by atoms with Crippen molar-refractivity contribution in [2.75, 3.05) is 11.9 Å². The summed E-state index contributed by atoms with van der Waals surface area (Å²) in [5.41, 5.74) is 6.22. The molecule has 1 atom stereocenters. The predicted molar refractivity (Wildman–Crippen MR) is 95.2 cm³/mol. The molecule has 0 fully saturated rings. The van der Waals surface area contributed by atoms with Crippen LogP contribution in [0.3, 0.4) is 0 Å². The molecule has 0 spiro atoms. The van der Waals surface area contributed by atoms with E-state index in [9.17, 15) is 9.59 Å². The topological polar surface area (TPSA) is 106 Å². The van der Waals surface area contributed by atoms with Gasteiger partial charge in [0.15, 0.2) is 0 Å². The summed E-state index contributed by atoms with van der Waals surface area (Å²) < 4.78 is 5.57. The first-order chi connectivity index (χ1) is 12.0. The molecule has 0 saturated carbocycles. The lowest BCUT2D eigenvalue weighted by molar-refractivity contribution is -0.125. The van der Waals surface area contributed by atoms with E-state index >= 15 is 0 Å². The zero-order valence-electron chi connectivity index (χ0n) is 14.2. The number of amides is 2. The Morgan fingerprint density at radius 2 is 1.88 bits per heavy atom. The number of nitrogens with two attached hydrogens (primary N) is 1. The molecule has 25 heavy (non-hydrogen) atoms.